The van der Waals surface area contributed by atoms with Gasteiger partial charge in [0.2, 0.25) is 0 Å². The monoisotopic (exact) mass is 385 g/mol. The number of nitrogens with zero attached hydrogens (tertiary/aromatic N) is 1. The van der Waals surface area contributed by atoms with Gasteiger partial charge < -0.3 is 16.0 Å². The number of hydrogen-bond donors (Lipinski definition) is 2. The van der Waals surface area contributed by atoms with Crippen molar-refractivity contribution in [2.24, 2.45) is 11.7 Å². The summed E-state index contributed by atoms with van der Waals surface area (Å²) in [5, 5.41) is 3.36. The molecule has 2 aromatic carbocycles. The Hall–Kier alpha value is -2.31. The molecule has 0 spiro atoms. The Morgan fingerprint density at radius 2 is 1.96 bits per heavy atom. The molecule has 2 aliphatic heterocycles. The highest BCUT2D eigenvalue weighted by Gasteiger charge is 2.46. The minimum absolute atomic E-state index is 0.0266. The average Bonchev–Trinajstić information content (AvgIpc) is 3.08. The number of nitrogens with two attached hydrogens (primary N) is 1. The van der Waals surface area contributed by atoms with Gasteiger partial charge in [0.15, 0.2) is 0 Å². The lowest BCUT2D eigenvalue weighted by molar-refractivity contribution is 0.0697. The van der Waals surface area contributed by atoms with Gasteiger partial charge in [-0.2, -0.15) is 0 Å². The van der Waals surface area contributed by atoms with E-state index in [4.69, 9.17) is 5.73 Å². The normalized spacial score (nSPS) is 24.2. The molecule has 2 aromatic rings. The second-order valence-electron chi connectivity index (χ2n) is 7.69. The maximum absolute atomic E-state index is 14.5. The predicted octanol–water partition coefficient (Wildman–Crippen LogP) is 2.68. The number of rotatable bonds is 4. The van der Waals surface area contributed by atoms with Crippen LogP contribution in [0.2, 0.25) is 0 Å². The van der Waals surface area contributed by atoms with Gasteiger partial charge in [0.05, 0.1) is 0 Å². The molecule has 3 atom stereocenters. The van der Waals surface area contributed by atoms with Crippen LogP contribution in [0.1, 0.15) is 33.8 Å². The average molecular weight is 385 g/mol. The van der Waals surface area contributed by atoms with Crippen LogP contribution in [0.5, 0.6) is 0 Å². The molecule has 3 N–H and O–H groups in total. The first-order chi connectivity index (χ1) is 13.6. The first kappa shape index (κ1) is 19.0. The zero-order valence-corrected chi connectivity index (χ0v) is 15.7. The number of halogens is 2. The van der Waals surface area contributed by atoms with Crippen molar-refractivity contribution >= 4 is 5.91 Å². The number of likely N-dealkylation sites (tertiary alicyclic amines) is 1. The SMILES string of the molecule is NCCc1ccc(C(=O)N2C[C@H](c3ccc(F)cc3F)[C@H]3CNCC[C@H]32)cc1. The molecule has 4 rings (SSSR count). The molecule has 0 aromatic heterocycles. The molecule has 4 nitrogen and oxygen atoms in total. The number of fused-ring (bicyclic) bond motifs is 1. The van der Waals surface area contributed by atoms with E-state index in [1.165, 1.54) is 12.1 Å². The molecule has 28 heavy (non-hydrogen) atoms. The molecule has 148 valence electrons. The van der Waals surface area contributed by atoms with Crippen LogP contribution in [0.4, 0.5) is 8.78 Å². The van der Waals surface area contributed by atoms with Crippen LogP contribution < -0.4 is 11.1 Å². The van der Waals surface area contributed by atoms with Crippen molar-refractivity contribution in [2.75, 3.05) is 26.2 Å². The van der Waals surface area contributed by atoms with Crippen LogP contribution in [0, 0.1) is 17.6 Å². The molecule has 0 aliphatic carbocycles. The smallest absolute Gasteiger partial charge is 0.254 e. The summed E-state index contributed by atoms with van der Waals surface area (Å²) in [7, 11) is 0. The maximum Gasteiger partial charge on any atom is 0.254 e. The summed E-state index contributed by atoms with van der Waals surface area (Å²) in [6.07, 6.45) is 1.61. The van der Waals surface area contributed by atoms with Gasteiger partial charge in [-0.25, -0.2) is 8.78 Å². The van der Waals surface area contributed by atoms with Gasteiger partial charge in [0.25, 0.3) is 5.91 Å². The molecule has 2 saturated heterocycles. The lowest BCUT2D eigenvalue weighted by Gasteiger charge is -2.33. The van der Waals surface area contributed by atoms with E-state index in [1.54, 1.807) is 0 Å². The van der Waals surface area contributed by atoms with E-state index in [1.807, 2.05) is 29.2 Å². The van der Waals surface area contributed by atoms with E-state index >= 15 is 0 Å². The van der Waals surface area contributed by atoms with Gasteiger partial charge in [-0.3, -0.25) is 4.79 Å². The Morgan fingerprint density at radius 3 is 2.68 bits per heavy atom. The fraction of sp³-hybridized carbons (Fsp3) is 0.409. The Bertz CT molecular complexity index is 855. The number of piperidine rings is 1. The zero-order chi connectivity index (χ0) is 19.7. The largest absolute Gasteiger partial charge is 0.335 e. The molecule has 2 aliphatic rings. The summed E-state index contributed by atoms with van der Waals surface area (Å²) in [5.41, 5.74) is 7.82. The Labute approximate surface area is 163 Å². The van der Waals surface area contributed by atoms with Gasteiger partial charge in [-0.05, 0) is 55.3 Å². The highest BCUT2D eigenvalue weighted by molar-refractivity contribution is 5.94. The van der Waals surface area contributed by atoms with E-state index in [-0.39, 0.29) is 23.8 Å². The van der Waals surface area contributed by atoms with Crippen molar-refractivity contribution in [1.82, 2.24) is 10.2 Å². The van der Waals surface area contributed by atoms with Crippen LogP contribution in [-0.2, 0) is 6.42 Å². The molecule has 0 saturated carbocycles. The van der Waals surface area contributed by atoms with Crippen LogP contribution in [0.3, 0.4) is 0 Å². The number of hydrogen-bond acceptors (Lipinski definition) is 3. The number of nitrogens with one attached hydrogen (secondary N) is 1. The Kier molecular flexibility index (Phi) is 5.42. The summed E-state index contributed by atoms with van der Waals surface area (Å²) in [6.45, 7) is 2.58. The van der Waals surface area contributed by atoms with Crippen LogP contribution in [-0.4, -0.2) is 43.0 Å². The van der Waals surface area contributed by atoms with Crippen LogP contribution in [0.25, 0.3) is 0 Å². The number of carbonyl (C=O) groups excluding carboxylic acids is 1. The first-order valence-electron chi connectivity index (χ1n) is 9.84. The second-order valence-corrected chi connectivity index (χ2v) is 7.69. The summed E-state index contributed by atoms with van der Waals surface area (Å²) in [4.78, 5) is 15.1. The summed E-state index contributed by atoms with van der Waals surface area (Å²) < 4.78 is 27.8. The third kappa shape index (κ3) is 3.54. The van der Waals surface area contributed by atoms with Crippen molar-refractivity contribution in [3.05, 3.63) is 70.8 Å². The molecule has 0 unspecified atom stereocenters. The fourth-order valence-electron chi connectivity index (χ4n) is 4.66. The lowest BCUT2D eigenvalue weighted by Crippen LogP contribution is -2.46. The minimum Gasteiger partial charge on any atom is -0.335 e. The van der Waals surface area contributed by atoms with Crippen LogP contribution >= 0.6 is 0 Å². The molecular formula is C22H25F2N3O. The highest BCUT2D eigenvalue weighted by Crippen LogP contribution is 2.41. The Morgan fingerprint density at radius 1 is 1.18 bits per heavy atom. The molecule has 0 radical (unpaired) electrons. The summed E-state index contributed by atoms with van der Waals surface area (Å²) >= 11 is 0. The molecule has 6 heteroatoms. The minimum atomic E-state index is -0.580. The Balaban J connectivity index is 1.61. The van der Waals surface area contributed by atoms with E-state index in [2.05, 4.69) is 5.32 Å². The quantitative estimate of drug-likeness (QED) is 0.851. The van der Waals surface area contributed by atoms with Gasteiger partial charge in [-0.1, -0.05) is 18.2 Å². The third-order valence-corrected chi connectivity index (χ3v) is 6.06. The maximum atomic E-state index is 14.5. The first-order valence-corrected chi connectivity index (χ1v) is 9.84. The molecule has 0 bridgehead atoms. The van der Waals surface area contributed by atoms with Crippen molar-refractivity contribution in [1.29, 1.82) is 0 Å². The van der Waals surface area contributed by atoms with E-state index < -0.39 is 11.6 Å². The topological polar surface area (TPSA) is 58.4 Å². The van der Waals surface area contributed by atoms with Gasteiger partial charge in [0.1, 0.15) is 11.6 Å². The van der Waals surface area contributed by atoms with Gasteiger partial charge in [-0.15, -0.1) is 0 Å². The molecule has 1 amide bonds. The predicted molar refractivity (Wildman–Crippen MR) is 104 cm³/mol. The van der Waals surface area contributed by atoms with Gasteiger partial charge >= 0.3 is 0 Å². The number of benzene rings is 2. The summed E-state index contributed by atoms with van der Waals surface area (Å²) in [6, 6.07) is 11.4. The van der Waals surface area contributed by atoms with Crippen molar-refractivity contribution in [3.63, 3.8) is 0 Å². The van der Waals surface area contributed by atoms with E-state index in [0.29, 0.717) is 24.2 Å². The van der Waals surface area contributed by atoms with Crippen LogP contribution in [0.15, 0.2) is 42.5 Å². The number of carbonyl (C=O) groups is 1. The van der Waals surface area contributed by atoms with Crippen molar-refractivity contribution in [3.8, 4) is 0 Å². The summed E-state index contributed by atoms with van der Waals surface area (Å²) in [5.74, 6) is -1.16. The second kappa shape index (κ2) is 7.97. The fourth-order valence-corrected chi connectivity index (χ4v) is 4.66. The standard InChI is InChI=1S/C22H25F2N3O/c23-16-5-6-17(20(24)11-16)19-13-27(21-8-10-26-12-18(19)21)22(28)15-3-1-14(2-4-15)7-9-25/h1-6,11,18-19,21,26H,7-10,12-13,25H2/t18-,19-,21-/m1/s1. The zero-order valence-electron chi connectivity index (χ0n) is 15.7. The number of amides is 1. The highest BCUT2D eigenvalue weighted by atomic mass is 19.1. The van der Waals surface area contributed by atoms with Crippen molar-refractivity contribution < 1.29 is 13.6 Å². The van der Waals surface area contributed by atoms with E-state index in [0.717, 1.165) is 37.6 Å². The molecule has 2 fully saturated rings. The molecule has 2 heterocycles. The third-order valence-electron chi connectivity index (χ3n) is 6.06. The lowest BCUT2D eigenvalue weighted by atomic mass is 9.82. The van der Waals surface area contributed by atoms with E-state index in [9.17, 15) is 13.6 Å². The van der Waals surface area contributed by atoms with Crippen molar-refractivity contribution in [2.45, 2.75) is 24.8 Å². The molecular weight excluding hydrogens is 360 g/mol. The van der Waals surface area contributed by atoms with Gasteiger partial charge in [0, 0.05) is 42.6 Å².